The van der Waals surface area contributed by atoms with Crippen LogP contribution in [-0.2, 0) is 6.42 Å². The standard InChI is InChI=1S/C13H14N2O/c14-6-5-10-3-4-13(16)12(8-10)11-2-1-7-15-9-11/h1-4,7-9,16H,5-6,14H2. The van der Waals surface area contributed by atoms with Crippen molar-refractivity contribution in [1.82, 2.24) is 4.98 Å². The molecule has 16 heavy (non-hydrogen) atoms. The Bertz CT molecular complexity index is 469. The number of phenolic OH excluding ortho intramolecular Hbond substituents is 1. The minimum absolute atomic E-state index is 0.272. The lowest BCUT2D eigenvalue weighted by Crippen LogP contribution is -2.02. The molecule has 0 saturated carbocycles. The lowest BCUT2D eigenvalue weighted by Gasteiger charge is -2.07. The van der Waals surface area contributed by atoms with E-state index in [4.69, 9.17) is 5.73 Å². The summed E-state index contributed by atoms with van der Waals surface area (Å²) in [6.07, 6.45) is 4.26. The van der Waals surface area contributed by atoms with Crippen LogP contribution in [-0.4, -0.2) is 16.6 Å². The Morgan fingerprint density at radius 1 is 1.25 bits per heavy atom. The topological polar surface area (TPSA) is 59.1 Å². The number of nitrogens with two attached hydrogens (primary N) is 1. The molecule has 0 fully saturated rings. The number of hydrogen-bond donors (Lipinski definition) is 2. The van der Waals surface area contributed by atoms with E-state index in [2.05, 4.69) is 4.98 Å². The van der Waals surface area contributed by atoms with Crippen LogP contribution >= 0.6 is 0 Å². The van der Waals surface area contributed by atoms with Gasteiger partial charge in [0.05, 0.1) is 0 Å². The van der Waals surface area contributed by atoms with E-state index < -0.39 is 0 Å². The fourth-order valence-electron chi connectivity index (χ4n) is 1.66. The number of pyridine rings is 1. The van der Waals surface area contributed by atoms with Crippen molar-refractivity contribution in [3.05, 3.63) is 48.3 Å². The highest BCUT2D eigenvalue weighted by Gasteiger charge is 2.05. The molecule has 1 aromatic carbocycles. The van der Waals surface area contributed by atoms with Crippen molar-refractivity contribution in [3.63, 3.8) is 0 Å². The van der Waals surface area contributed by atoms with Crippen molar-refractivity contribution >= 4 is 0 Å². The van der Waals surface area contributed by atoms with Crippen LogP contribution in [0, 0.1) is 0 Å². The minimum atomic E-state index is 0.272. The largest absolute Gasteiger partial charge is 0.507 e. The van der Waals surface area contributed by atoms with Crippen LogP contribution in [0.1, 0.15) is 5.56 Å². The van der Waals surface area contributed by atoms with Gasteiger partial charge in [-0.15, -0.1) is 0 Å². The fraction of sp³-hybridized carbons (Fsp3) is 0.154. The van der Waals surface area contributed by atoms with E-state index in [9.17, 15) is 5.11 Å². The maximum atomic E-state index is 9.80. The maximum Gasteiger partial charge on any atom is 0.123 e. The highest BCUT2D eigenvalue weighted by atomic mass is 16.3. The van der Waals surface area contributed by atoms with Crippen LogP contribution in [0.25, 0.3) is 11.1 Å². The Hall–Kier alpha value is -1.87. The first-order valence-electron chi connectivity index (χ1n) is 5.23. The van der Waals surface area contributed by atoms with E-state index in [0.717, 1.165) is 23.1 Å². The Kier molecular flexibility index (Phi) is 3.17. The Morgan fingerprint density at radius 3 is 2.81 bits per heavy atom. The first kappa shape index (κ1) is 10.6. The van der Waals surface area contributed by atoms with Crippen LogP contribution in [0.4, 0.5) is 0 Å². The molecule has 0 bridgehead atoms. The molecule has 2 rings (SSSR count). The molecule has 1 aromatic heterocycles. The van der Waals surface area contributed by atoms with Gasteiger partial charge < -0.3 is 10.8 Å². The second-order valence-electron chi connectivity index (χ2n) is 3.63. The molecule has 3 heteroatoms. The zero-order valence-corrected chi connectivity index (χ0v) is 8.93. The van der Waals surface area contributed by atoms with Gasteiger partial charge in [0.2, 0.25) is 0 Å². The lowest BCUT2D eigenvalue weighted by molar-refractivity contribution is 0.477. The summed E-state index contributed by atoms with van der Waals surface area (Å²) in [5, 5.41) is 9.80. The second kappa shape index (κ2) is 4.77. The molecule has 0 amide bonds. The molecular weight excluding hydrogens is 200 g/mol. The van der Waals surface area contributed by atoms with Gasteiger partial charge in [-0.3, -0.25) is 4.98 Å². The average Bonchev–Trinajstić information content (AvgIpc) is 2.33. The van der Waals surface area contributed by atoms with Crippen LogP contribution in [0.15, 0.2) is 42.7 Å². The van der Waals surface area contributed by atoms with E-state index in [1.54, 1.807) is 18.5 Å². The Morgan fingerprint density at radius 2 is 2.12 bits per heavy atom. The summed E-state index contributed by atoms with van der Waals surface area (Å²) in [6, 6.07) is 9.33. The number of aromatic hydroxyl groups is 1. The van der Waals surface area contributed by atoms with Gasteiger partial charge in [-0.25, -0.2) is 0 Å². The van der Waals surface area contributed by atoms with E-state index in [-0.39, 0.29) is 5.75 Å². The van der Waals surface area contributed by atoms with Gasteiger partial charge in [0.15, 0.2) is 0 Å². The highest BCUT2D eigenvalue weighted by Crippen LogP contribution is 2.29. The van der Waals surface area contributed by atoms with Crippen molar-refractivity contribution in [2.24, 2.45) is 5.73 Å². The zero-order chi connectivity index (χ0) is 11.4. The number of rotatable bonds is 3. The van der Waals surface area contributed by atoms with Gasteiger partial charge >= 0.3 is 0 Å². The summed E-state index contributed by atoms with van der Waals surface area (Å²) in [4.78, 5) is 4.04. The number of aromatic nitrogens is 1. The fourth-order valence-corrected chi connectivity index (χ4v) is 1.66. The molecule has 2 aromatic rings. The molecule has 0 radical (unpaired) electrons. The molecule has 1 heterocycles. The molecule has 0 aliphatic rings. The second-order valence-corrected chi connectivity index (χ2v) is 3.63. The molecule has 0 aliphatic carbocycles. The molecule has 0 unspecified atom stereocenters. The summed E-state index contributed by atoms with van der Waals surface area (Å²) >= 11 is 0. The van der Waals surface area contributed by atoms with Crippen molar-refractivity contribution in [1.29, 1.82) is 0 Å². The molecule has 0 saturated heterocycles. The van der Waals surface area contributed by atoms with E-state index in [1.165, 1.54) is 0 Å². The van der Waals surface area contributed by atoms with Crippen LogP contribution in [0.3, 0.4) is 0 Å². The van der Waals surface area contributed by atoms with E-state index >= 15 is 0 Å². The Balaban J connectivity index is 2.43. The van der Waals surface area contributed by atoms with Crippen molar-refractivity contribution in [2.45, 2.75) is 6.42 Å². The summed E-state index contributed by atoms with van der Waals surface area (Å²) in [5.74, 6) is 0.272. The maximum absolute atomic E-state index is 9.80. The van der Waals surface area contributed by atoms with Crippen LogP contribution in [0.2, 0.25) is 0 Å². The van der Waals surface area contributed by atoms with Crippen molar-refractivity contribution < 1.29 is 5.11 Å². The quantitative estimate of drug-likeness (QED) is 0.821. The molecule has 3 nitrogen and oxygen atoms in total. The number of hydrogen-bond acceptors (Lipinski definition) is 3. The minimum Gasteiger partial charge on any atom is -0.507 e. The van der Waals surface area contributed by atoms with Crippen molar-refractivity contribution in [3.8, 4) is 16.9 Å². The molecular formula is C13H14N2O. The van der Waals surface area contributed by atoms with Crippen LogP contribution < -0.4 is 5.73 Å². The highest BCUT2D eigenvalue weighted by molar-refractivity contribution is 5.69. The molecule has 3 N–H and O–H groups in total. The zero-order valence-electron chi connectivity index (χ0n) is 8.93. The van der Waals surface area contributed by atoms with Gasteiger partial charge in [0, 0.05) is 23.5 Å². The first-order chi connectivity index (χ1) is 7.81. The third-order valence-corrected chi connectivity index (χ3v) is 2.47. The third kappa shape index (κ3) is 2.20. The van der Waals surface area contributed by atoms with Crippen molar-refractivity contribution in [2.75, 3.05) is 6.54 Å². The smallest absolute Gasteiger partial charge is 0.123 e. The average molecular weight is 214 g/mol. The molecule has 0 atom stereocenters. The predicted molar refractivity (Wildman–Crippen MR) is 64.1 cm³/mol. The number of benzene rings is 1. The van der Waals surface area contributed by atoms with Crippen LogP contribution in [0.5, 0.6) is 5.75 Å². The summed E-state index contributed by atoms with van der Waals surface area (Å²) in [6.45, 7) is 0.608. The number of phenols is 1. The van der Waals surface area contributed by atoms with Gasteiger partial charge in [-0.05, 0) is 36.7 Å². The summed E-state index contributed by atoms with van der Waals surface area (Å²) in [7, 11) is 0. The number of nitrogens with zero attached hydrogens (tertiary/aromatic N) is 1. The van der Waals surface area contributed by atoms with Gasteiger partial charge in [-0.2, -0.15) is 0 Å². The lowest BCUT2D eigenvalue weighted by atomic mass is 10.0. The molecule has 0 aliphatic heterocycles. The molecule has 82 valence electrons. The molecule has 0 spiro atoms. The summed E-state index contributed by atoms with van der Waals surface area (Å²) in [5.41, 5.74) is 8.36. The normalized spacial score (nSPS) is 10.3. The third-order valence-electron chi connectivity index (χ3n) is 2.47. The summed E-state index contributed by atoms with van der Waals surface area (Å²) < 4.78 is 0. The predicted octanol–water partition coefficient (Wildman–Crippen LogP) is 1.96. The SMILES string of the molecule is NCCc1ccc(O)c(-c2cccnc2)c1. The van der Waals surface area contributed by atoms with E-state index in [1.807, 2.05) is 24.3 Å². The van der Waals surface area contributed by atoms with E-state index in [0.29, 0.717) is 6.54 Å². The van der Waals surface area contributed by atoms with Gasteiger partial charge in [0.25, 0.3) is 0 Å². The Labute approximate surface area is 94.6 Å². The van der Waals surface area contributed by atoms with Gasteiger partial charge in [-0.1, -0.05) is 12.1 Å². The first-order valence-corrected chi connectivity index (χ1v) is 5.23. The monoisotopic (exact) mass is 214 g/mol. The van der Waals surface area contributed by atoms with Gasteiger partial charge in [0.1, 0.15) is 5.75 Å².